The third kappa shape index (κ3) is 2.71. The lowest BCUT2D eigenvalue weighted by Gasteiger charge is -2.16. The standard InChI is InChI=1S/C17H22N2O2/c1-5-11-8-12(6-2)15(13(7-3)9-11)16-14(20)10-18-19(4)17(16)21/h8-10,20H,5-7H2,1-4H3. The largest absolute Gasteiger partial charge is 0.505 e. The number of nitrogens with zero attached hydrogens (tertiary/aromatic N) is 2. The van der Waals surface area contributed by atoms with Crippen LogP contribution in [0.1, 0.15) is 37.5 Å². The van der Waals surface area contributed by atoms with E-state index in [-0.39, 0.29) is 11.3 Å². The van der Waals surface area contributed by atoms with Gasteiger partial charge in [-0.05, 0) is 41.5 Å². The van der Waals surface area contributed by atoms with Crippen molar-refractivity contribution in [2.75, 3.05) is 0 Å². The van der Waals surface area contributed by atoms with Gasteiger partial charge in [0.2, 0.25) is 0 Å². The van der Waals surface area contributed by atoms with Crippen LogP contribution >= 0.6 is 0 Å². The molecule has 0 saturated heterocycles. The smallest absolute Gasteiger partial charge is 0.278 e. The van der Waals surface area contributed by atoms with Crippen molar-refractivity contribution in [1.29, 1.82) is 0 Å². The van der Waals surface area contributed by atoms with E-state index in [1.807, 2.05) is 0 Å². The first-order valence-electron chi connectivity index (χ1n) is 7.43. The molecule has 1 aromatic carbocycles. The molecule has 4 heteroatoms. The molecule has 4 nitrogen and oxygen atoms in total. The molecule has 0 amide bonds. The minimum absolute atomic E-state index is 0.0493. The summed E-state index contributed by atoms with van der Waals surface area (Å²) in [5, 5.41) is 14.0. The normalized spacial score (nSPS) is 10.9. The Bertz CT molecular complexity index is 692. The number of rotatable bonds is 4. The van der Waals surface area contributed by atoms with Gasteiger partial charge in [-0.3, -0.25) is 4.79 Å². The predicted molar refractivity (Wildman–Crippen MR) is 84.7 cm³/mol. The highest BCUT2D eigenvalue weighted by molar-refractivity contribution is 5.75. The van der Waals surface area contributed by atoms with Crippen LogP contribution in [0.2, 0.25) is 0 Å². The molecule has 1 N–H and O–H groups in total. The lowest BCUT2D eigenvalue weighted by Crippen LogP contribution is -2.21. The van der Waals surface area contributed by atoms with Crippen molar-refractivity contribution in [2.45, 2.75) is 40.0 Å². The first-order valence-corrected chi connectivity index (χ1v) is 7.43. The second kappa shape index (κ2) is 6.12. The van der Waals surface area contributed by atoms with Gasteiger partial charge in [-0.1, -0.05) is 32.9 Å². The SMILES string of the molecule is CCc1cc(CC)c(-c2c(O)cnn(C)c2=O)c(CC)c1. The lowest BCUT2D eigenvalue weighted by molar-refractivity contribution is 0.467. The average molecular weight is 286 g/mol. The summed E-state index contributed by atoms with van der Waals surface area (Å²) in [4.78, 5) is 12.4. The van der Waals surface area contributed by atoms with Crippen LogP contribution in [0.3, 0.4) is 0 Å². The Morgan fingerprint density at radius 2 is 1.62 bits per heavy atom. The molecule has 112 valence electrons. The van der Waals surface area contributed by atoms with Crippen LogP contribution in [0.5, 0.6) is 5.75 Å². The van der Waals surface area contributed by atoms with E-state index < -0.39 is 0 Å². The van der Waals surface area contributed by atoms with Gasteiger partial charge in [0.25, 0.3) is 5.56 Å². The van der Waals surface area contributed by atoms with Gasteiger partial charge < -0.3 is 5.11 Å². The molecular formula is C17H22N2O2. The van der Waals surface area contributed by atoms with Gasteiger partial charge in [-0.25, -0.2) is 4.68 Å². The summed E-state index contributed by atoms with van der Waals surface area (Å²) >= 11 is 0. The Hall–Kier alpha value is -2.10. The molecule has 0 fully saturated rings. The summed E-state index contributed by atoms with van der Waals surface area (Å²) < 4.78 is 1.27. The van der Waals surface area contributed by atoms with E-state index in [0.29, 0.717) is 5.56 Å². The molecule has 0 bridgehead atoms. The molecule has 0 aliphatic heterocycles. The molecule has 1 aromatic heterocycles. The zero-order chi connectivity index (χ0) is 15.6. The molecule has 0 aliphatic rings. The Labute approximate surface area is 125 Å². The summed E-state index contributed by atoms with van der Waals surface area (Å²) in [5.41, 5.74) is 4.44. The average Bonchev–Trinajstić information content (AvgIpc) is 2.51. The van der Waals surface area contributed by atoms with E-state index in [1.165, 1.54) is 16.4 Å². The first-order chi connectivity index (χ1) is 10.0. The highest BCUT2D eigenvalue weighted by Gasteiger charge is 2.18. The fraction of sp³-hybridized carbons (Fsp3) is 0.412. The van der Waals surface area contributed by atoms with Crippen molar-refractivity contribution in [3.63, 3.8) is 0 Å². The van der Waals surface area contributed by atoms with Gasteiger partial charge in [0, 0.05) is 7.05 Å². The van der Waals surface area contributed by atoms with Crippen LogP contribution in [-0.2, 0) is 26.3 Å². The maximum absolute atomic E-state index is 12.4. The fourth-order valence-electron chi connectivity index (χ4n) is 2.69. The maximum atomic E-state index is 12.4. The van der Waals surface area contributed by atoms with E-state index >= 15 is 0 Å². The predicted octanol–water partition coefficient (Wildman–Crippen LogP) is 2.84. The summed E-state index contributed by atoms with van der Waals surface area (Å²) in [7, 11) is 1.60. The van der Waals surface area contributed by atoms with Crippen molar-refractivity contribution in [3.8, 4) is 16.9 Å². The van der Waals surface area contributed by atoms with E-state index in [1.54, 1.807) is 7.05 Å². The molecule has 1 heterocycles. The Kier molecular flexibility index (Phi) is 4.46. The molecule has 0 saturated carbocycles. The lowest BCUT2D eigenvalue weighted by atomic mass is 9.89. The van der Waals surface area contributed by atoms with Gasteiger partial charge in [-0.2, -0.15) is 5.10 Å². The number of aryl methyl sites for hydroxylation is 4. The third-order valence-corrected chi connectivity index (χ3v) is 3.90. The summed E-state index contributed by atoms with van der Waals surface area (Å²) in [6.45, 7) is 6.26. The van der Waals surface area contributed by atoms with Gasteiger partial charge in [0.15, 0.2) is 0 Å². The van der Waals surface area contributed by atoms with Crippen molar-refractivity contribution in [2.24, 2.45) is 7.05 Å². The third-order valence-electron chi connectivity index (χ3n) is 3.90. The fourth-order valence-corrected chi connectivity index (χ4v) is 2.69. The summed E-state index contributed by atoms with van der Waals surface area (Å²) in [5.74, 6) is -0.0493. The van der Waals surface area contributed by atoms with Crippen LogP contribution in [0, 0.1) is 0 Å². The van der Waals surface area contributed by atoms with E-state index in [2.05, 4.69) is 38.0 Å². The van der Waals surface area contributed by atoms with Crippen molar-refractivity contribution < 1.29 is 5.11 Å². The van der Waals surface area contributed by atoms with Crippen molar-refractivity contribution >= 4 is 0 Å². The molecule has 2 aromatic rings. The minimum atomic E-state index is -0.261. The molecule has 0 atom stereocenters. The van der Waals surface area contributed by atoms with Crippen LogP contribution in [0.15, 0.2) is 23.1 Å². The van der Waals surface area contributed by atoms with Crippen LogP contribution in [-0.4, -0.2) is 14.9 Å². The highest BCUT2D eigenvalue weighted by Crippen LogP contribution is 2.33. The van der Waals surface area contributed by atoms with Gasteiger partial charge >= 0.3 is 0 Å². The zero-order valence-electron chi connectivity index (χ0n) is 13.1. The minimum Gasteiger partial charge on any atom is -0.505 e. The van der Waals surface area contributed by atoms with Crippen LogP contribution < -0.4 is 5.56 Å². The second-order valence-corrected chi connectivity index (χ2v) is 5.18. The van der Waals surface area contributed by atoms with Gasteiger partial charge in [0.05, 0.1) is 11.8 Å². The Morgan fingerprint density at radius 3 is 2.10 bits per heavy atom. The molecule has 21 heavy (non-hydrogen) atoms. The topological polar surface area (TPSA) is 55.1 Å². The monoisotopic (exact) mass is 286 g/mol. The van der Waals surface area contributed by atoms with E-state index in [4.69, 9.17) is 0 Å². The molecular weight excluding hydrogens is 264 g/mol. The van der Waals surface area contributed by atoms with Gasteiger partial charge in [0.1, 0.15) is 5.75 Å². The second-order valence-electron chi connectivity index (χ2n) is 5.18. The van der Waals surface area contributed by atoms with Crippen LogP contribution in [0.25, 0.3) is 11.1 Å². The Morgan fingerprint density at radius 1 is 1.05 bits per heavy atom. The molecule has 0 aliphatic carbocycles. The zero-order valence-corrected chi connectivity index (χ0v) is 13.1. The summed E-state index contributed by atoms with van der Waals surface area (Å²) in [6.07, 6.45) is 3.94. The number of benzene rings is 1. The summed E-state index contributed by atoms with van der Waals surface area (Å²) in [6, 6.07) is 4.27. The maximum Gasteiger partial charge on any atom is 0.278 e. The molecule has 0 unspecified atom stereocenters. The number of hydrogen-bond acceptors (Lipinski definition) is 3. The highest BCUT2D eigenvalue weighted by atomic mass is 16.3. The first kappa shape index (κ1) is 15.3. The van der Waals surface area contributed by atoms with Crippen molar-refractivity contribution in [3.05, 3.63) is 45.4 Å². The molecule has 2 rings (SSSR count). The van der Waals surface area contributed by atoms with E-state index in [0.717, 1.165) is 36.0 Å². The van der Waals surface area contributed by atoms with Crippen LogP contribution in [0.4, 0.5) is 0 Å². The Balaban J connectivity index is 2.86. The number of aromatic nitrogens is 2. The van der Waals surface area contributed by atoms with Gasteiger partial charge in [-0.15, -0.1) is 0 Å². The quantitative estimate of drug-likeness (QED) is 0.940. The van der Waals surface area contributed by atoms with Crippen molar-refractivity contribution in [1.82, 2.24) is 9.78 Å². The van der Waals surface area contributed by atoms with E-state index in [9.17, 15) is 9.90 Å². The molecule has 0 radical (unpaired) electrons. The number of hydrogen-bond donors (Lipinski definition) is 1. The molecule has 0 spiro atoms. The number of aromatic hydroxyl groups is 1.